The van der Waals surface area contributed by atoms with Crippen LogP contribution in [0.4, 0.5) is 10.5 Å². The highest BCUT2D eigenvalue weighted by atomic mass is 35.5. The Labute approximate surface area is 190 Å². The second-order valence-corrected chi connectivity index (χ2v) is 9.67. The number of anilines is 1. The second-order valence-electron chi connectivity index (χ2n) is 8.17. The number of likely N-dealkylation sites (tertiary alicyclic amines) is 1. The fourth-order valence-electron chi connectivity index (χ4n) is 4.60. The van der Waals surface area contributed by atoms with Crippen molar-refractivity contribution in [2.24, 2.45) is 0 Å². The lowest BCUT2D eigenvalue weighted by molar-refractivity contribution is -0.123. The lowest BCUT2D eigenvalue weighted by Gasteiger charge is -2.40. The van der Waals surface area contributed by atoms with Crippen molar-refractivity contribution < 1.29 is 14.3 Å². The van der Waals surface area contributed by atoms with E-state index in [0.29, 0.717) is 11.6 Å². The summed E-state index contributed by atoms with van der Waals surface area (Å²) in [6, 6.07) is 13.9. The van der Waals surface area contributed by atoms with Gasteiger partial charge in [-0.2, -0.15) is 0 Å². The summed E-state index contributed by atoms with van der Waals surface area (Å²) in [6.07, 6.45) is 1.26. The highest BCUT2D eigenvalue weighted by molar-refractivity contribution is 7.99. The largest absolute Gasteiger partial charge is 0.444 e. The van der Waals surface area contributed by atoms with Crippen molar-refractivity contribution in [1.29, 1.82) is 0 Å². The van der Waals surface area contributed by atoms with E-state index in [0.717, 1.165) is 42.9 Å². The molecule has 3 heterocycles. The standard InChI is InChI=1S/C23H24ClN3O3S/c24-16-6-5-15-13-30-23(29)27(20(15)11-16)17-7-9-26(10-8-17)12-22(28)25-19-14-31-21-4-2-1-3-18(19)21/h1-6,11,17,19H,7-10,12-14H2,(H,25,28). The molecule has 0 aliphatic carbocycles. The molecule has 6 nitrogen and oxygen atoms in total. The van der Waals surface area contributed by atoms with Crippen molar-refractivity contribution in [3.05, 3.63) is 58.6 Å². The van der Waals surface area contributed by atoms with Crippen LogP contribution in [0.15, 0.2) is 47.4 Å². The molecule has 0 radical (unpaired) electrons. The van der Waals surface area contributed by atoms with E-state index in [2.05, 4.69) is 22.3 Å². The number of hydrogen-bond acceptors (Lipinski definition) is 5. The Morgan fingerprint density at radius 2 is 2.00 bits per heavy atom. The molecule has 8 heteroatoms. The zero-order valence-electron chi connectivity index (χ0n) is 17.1. The lowest BCUT2D eigenvalue weighted by atomic mass is 10.0. The lowest BCUT2D eigenvalue weighted by Crippen LogP contribution is -2.51. The van der Waals surface area contributed by atoms with E-state index in [9.17, 15) is 9.59 Å². The van der Waals surface area contributed by atoms with Crippen molar-refractivity contribution in [2.45, 2.75) is 36.4 Å². The number of carbonyl (C=O) groups is 2. The minimum absolute atomic E-state index is 0.0439. The van der Waals surface area contributed by atoms with Gasteiger partial charge in [-0.15, -0.1) is 11.8 Å². The average Bonchev–Trinajstić information content (AvgIpc) is 3.17. The second kappa shape index (κ2) is 8.73. The maximum atomic E-state index is 12.7. The number of fused-ring (bicyclic) bond motifs is 2. The van der Waals surface area contributed by atoms with Crippen LogP contribution in [0.25, 0.3) is 0 Å². The fraction of sp³-hybridized carbons (Fsp3) is 0.391. The van der Waals surface area contributed by atoms with Crippen molar-refractivity contribution >= 4 is 41.1 Å². The first-order chi connectivity index (χ1) is 15.1. The molecule has 0 aromatic heterocycles. The fourth-order valence-corrected chi connectivity index (χ4v) is 5.92. The van der Waals surface area contributed by atoms with E-state index in [1.807, 2.05) is 30.3 Å². The quantitative estimate of drug-likeness (QED) is 0.744. The number of hydrogen-bond donors (Lipinski definition) is 1. The van der Waals surface area contributed by atoms with E-state index in [1.54, 1.807) is 16.7 Å². The van der Waals surface area contributed by atoms with Gasteiger partial charge >= 0.3 is 6.09 Å². The number of cyclic esters (lactones) is 1. The third-order valence-corrected chi connectivity index (χ3v) is 7.60. The molecule has 31 heavy (non-hydrogen) atoms. The van der Waals surface area contributed by atoms with Crippen LogP contribution in [0.3, 0.4) is 0 Å². The van der Waals surface area contributed by atoms with Gasteiger partial charge in [-0.05, 0) is 36.6 Å². The molecule has 162 valence electrons. The van der Waals surface area contributed by atoms with E-state index in [1.165, 1.54) is 10.5 Å². The number of piperidine rings is 1. The highest BCUT2D eigenvalue weighted by Gasteiger charge is 2.35. The van der Waals surface area contributed by atoms with E-state index in [-0.39, 0.29) is 30.7 Å². The van der Waals surface area contributed by atoms with Gasteiger partial charge in [-0.3, -0.25) is 14.6 Å². The molecular weight excluding hydrogens is 434 g/mol. The van der Waals surface area contributed by atoms with Crippen molar-refractivity contribution in [3.8, 4) is 0 Å². The van der Waals surface area contributed by atoms with E-state index < -0.39 is 0 Å². The number of halogens is 1. The van der Waals surface area contributed by atoms with Crippen LogP contribution < -0.4 is 10.2 Å². The highest BCUT2D eigenvalue weighted by Crippen LogP contribution is 2.38. The Balaban J connectivity index is 1.18. The van der Waals surface area contributed by atoms with Gasteiger partial charge < -0.3 is 10.1 Å². The molecule has 1 N–H and O–H groups in total. The summed E-state index contributed by atoms with van der Waals surface area (Å²) in [5.74, 6) is 0.932. The number of nitrogens with one attached hydrogen (secondary N) is 1. The van der Waals surface area contributed by atoms with E-state index in [4.69, 9.17) is 16.3 Å². The van der Waals surface area contributed by atoms with Gasteiger partial charge in [0.25, 0.3) is 0 Å². The summed E-state index contributed by atoms with van der Waals surface area (Å²) in [7, 11) is 0. The van der Waals surface area contributed by atoms with Crippen LogP contribution in [0.1, 0.15) is 30.0 Å². The topological polar surface area (TPSA) is 61.9 Å². The van der Waals surface area contributed by atoms with Gasteiger partial charge in [0.2, 0.25) is 5.91 Å². The molecule has 1 saturated heterocycles. The first kappa shape index (κ1) is 20.7. The van der Waals surface area contributed by atoms with Crippen LogP contribution in [-0.4, -0.2) is 48.3 Å². The van der Waals surface area contributed by atoms with Gasteiger partial charge in [0.1, 0.15) is 6.61 Å². The molecular formula is C23H24ClN3O3S. The zero-order valence-corrected chi connectivity index (χ0v) is 18.6. The summed E-state index contributed by atoms with van der Waals surface area (Å²) in [5, 5.41) is 3.79. The van der Waals surface area contributed by atoms with Crippen molar-refractivity contribution in [2.75, 3.05) is 30.3 Å². The molecule has 3 aliphatic rings. The van der Waals surface area contributed by atoms with Gasteiger partial charge in [-0.1, -0.05) is 35.9 Å². The molecule has 2 aromatic carbocycles. The first-order valence-electron chi connectivity index (χ1n) is 10.6. The van der Waals surface area contributed by atoms with Gasteiger partial charge in [0.15, 0.2) is 0 Å². The zero-order chi connectivity index (χ0) is 21.4. The molecule has 2 aromatic rings. The number of rotatable bonds is 4. The SMILES string of the molecule is O=C(CN1CCC(N2C(=O)OCc3ccc(Cl)cc32)CC1)NC1CSc2ccccc21. The van der Waals surface area contributed by atoms with Crippen molar-refractivity contribution in [3.63, 3.8) is 0 Å². The van der Waals surface area contributed by atoms with Crippen LogP contribution in [0.5, 0.6) is 0 Å². The molecule has 2 amide bonds. The summed E-state index contributed by atoms with van der Waals surface area (Å²) in [4.78, 5) is 30.3. The Morgan fingerprint density at radius 3 is 2.84 bits per heavy atom. The molecule has 5 rings (SSSR count). The normalized spacial score (nSPS) is 21.4. The number of nitrogens with zero attached hydrogens (tertiary/aromatic N) is 2. The van der Waals surface area contributed by atoms with Crippen LogP contribution >= 0.6 is 23.4 Å². The number of benzene rings is 2. The average molecular weight is 458 g/mol. The van der Waals surface area contributed by atoms with Crippen LogP contribution in [0, 0.1) is 0 Å². The summed E-state index contributed by atoms with van der Waals surface area (Å²) in [5.41, 5.74) is 3.03. The molecule has 1 atom stereocenters. The minimum Gasteiger partial charge on any atom is -0.444 e. The smallest absolute Gasteiger partial charge is 0.414 e. The van der Waals surface area contributed by atoms with Gasteiger partial charge in [0, 0.05) is 40.4 Å². The Bertz CT molecular complexity index is 1010. The van der Waals surface area contributed by atoms with Crippen molar-refractivity contribution in [1.82, 2.24) is 10.2 Å². The molecule has 0 bridgehead atoms. The molecule has 3 aliphatic heterocycles. The monoisotopic (exact) mass is 457 g/mol. The Hall–Kier alpha value is -2.22. The summed E-state index contributed by atoms with van der Waals surface area (Å²) >= 11 is 7.97. The third kappa shape index (κ3) is 4.27. The number of amides is 2. The van der Waals surface area contributed by atoms with Gasteiger partial charge in [-0.25, -0.2) is 4.79 Å². The predicted molar refractivity (Wildman–Crippen MR) is 122 cm³/mol. The molecule has 1 unspecified atom stereocenters. The third-order valence-electron chi connectivity index (χ3n) is 6.18. The summed E-state index contributed by atoms with van der Waals surface area (Å²) in [6.45, 7) is 2.17. The maximum Gasteiger partial charge on any atom is 0.414 e. The van der Waals surface area contributed by atoms with Crippen LogP contribution in [-0.2, 0) is 16.1 Å². The molecule has 0 spiro atoms. The Morgan fingerprint density at radius 1 is 1.19 bits per heavy atom. The van der Waals surface area contributed by atoms with E-state index >= 15 is 0 Å². The predicted octanol–water partition coefficient (Wildman–Crippen LogP) is 4.22. The summed E-state index contributed by atoms with van der Waals surface area (Å²) < 4.78 is 5.37. The number of ether oxygens (including phenoxy) is 1. The van der Waals surface area contributed by atoms with Gasteiger partial charge in [0.05, 0.1) is 18.3 Å². The molecule has 0 saturated carbocycles. The number of thioether (sulfide) groups is 1. The maximum absolute atomic E-state index is 12.7. The van der Waals surface area contributed by atoms with Crippen LogP contribution in [0.2, 0.25) is 5.02 Å². The Kier molecular flexibility index (Phi) is 5.82. The minimum atomic E-state index is -0.316. The molecule has 1 fully saturated rings. The first-order valence-corrected chi connectivity index (χ1v) is 11.9. The number of carbonyl (C=O) groups excluding carboxylic acids is 2.